The molecular formula is C14H28N2O. The standard InChI is InChI=1S/C14H28N2O/c1-4-6-7-12(5-2)14(17)16-9-8-13(10-16)11(3)15/h11-13H,4-10,15H2,1-3H3. The Hall–Kier alpha value is -0.570. The molecule has 0 aromatic heterocycles. The van der Waals surface area contributed by atoms with E-state index in [1.54, 1.807) is 0 Å². The van der Waals surface area contributed by atoms with Crippen LogP contribution in [0.25, 0.3) is 0 Å². The smallest absolute Gasteiger partial charge is 0.225 e. The molecule has 3 unspecified atom stereocenters. The zero-order valence-corrected chi connectivity index (χ0v) is 11.6. The molecular weight excluding hydrogens is 212 g/mol. The molecule has 1 rings (SSSR count). The summed E-state index contributed by atoms with van der Waals surface area (Å²) in [6.07, 6.45) is 5.43. The van der Waals surface area contributed by atoms with Gasteiger partial charge in [-0.15, -0.1) is 0 Å². The molecule has 1 aliphatic rings. The van der Waals surface area contributed by atoms with Gasteiger partial charge in [0.1, 0.15) is 0 Å². The third-order valence-corrected chi connectivity index (χ3v) is 4.03. The van der Waals surface area contributed by atoms with Crippen LogP contribution in [0.2, 0.25) is 0 Å². The van der Waals surface area contributed by atoms with E-state index in [-0.39, 0.29) is 12.0 Å². The van der Waals surface area contributed by atoms with Crippen molar-refractivity contribution in [2.45, 2.75) is 58.9 Å². The van der Waals surface area contributed by atoms with E-state index in [0.29, 0.717) is 11.8 Å². The largest absolute Gasteiger partial charge is 0.342 e. The van der Waals surface area contributed by atoms with Crippen molar-refractivity contribution in [2.75, 3.05) is 13.1 Å². The van der Waals surface area contributed by atoms with Crippen molar-refractivity contribution in [3.63, 3.8) is 0 Å². The molecule has 0 bridgehead atoms. The van der Waals surface area contributed by atoms with Gasteiger partial charge < -0.3 is 10.6 Å². The van der Waals surface area contributed by atoms with Gasteiger partial charge in [0.05, 0.1) is 0 Å². The fourth-order valence-electron chi connectivity index (χ4n) is 2.63. The van der Waals surface area contributed by atoms with Gasteiger partial charge in [0.25, 0.3) is 0 Å². The minimum absolute atomic E-state index is 0.212. The number of carbonyl (C=O) groups excluding carboxylic acids is 1. The Morgan fingerprint density at radius 2 is 2.18 bits per heavy atom. The van der Waals surface area contributed by atoms with Crippen LogP contribution in [0.15, 0.2) is 0 Å². The molecule has 0 saturated carbocycles. The van der Waals surface area contributed by atoms with Gasteiger partial charge >= 0.3 is 0 Å². The summed E-state index contributed by atoms with van der Waals surface area (Å²) in [6.45, 7) is 8.14. The van der Waals surface area contributed by atoms with Gasteiger partial charge in [-0.05, 0) is 32.1 Å². The second kappa shape index (κ2) is 7.00. The number of carbonyl (C=O) groups is 1. The predicted octanol–water partition coefficient (Wildman–Crippen LogP) is 2.40. The average molecular weight is 240 g/mol. The van der Waals surface area contributed by atoms with Gasteiger partial charge in [0, 0.05) is 25.0 Å². The minimum Gasteiger partial charge on any atom is -0.342 e. The summed E-state index contributed by atoms with van der Waals surface area (Å²) in [5.41, 5.74) is 5.91. The number of amides is 1. The van der Waals surface area contributed by atoms with Crippen molar-refractivity contribution in [3.8, 4) is 0 Å². The zero-order valence-electron chi connectivity index (χ0n) is 11.6. The molecule has 0 radical (unpaired) electrons. The maximum atomic E-state index is 12.3. The molecule has 1 saturated heterocycles. The van der Waals surface area contributed by atoms with E-state index in [1.807, 2.05) is 11.8 Å². The topological polar surface area (TPSA) is 46.3 Å². The Morgan fingerprint density at radius 1 is 1.47 bits per heavy atom. The average Bonchev–Trinajstić information content (AvgIpc) is 2.79. The SMILES string of the molecule is CCCCC(CC)C(=O)N1CCC(C(C)N)C1. The third-order valence-electron chi connectivity index (χ3n) is 4.03. The highest BCUT2D eigenvalue weighted by Crippen LogP contribution is 2.23. The zero-order chi connectivity index (χ0) is 12.8. The maximum absolute atomic E-state index is 12.3. The van der Waals surface area contributed by atoms with Gasteiger partial charge in [0.15, 0.2) is 0 Å². The quantitative estimate of drug-likeness (QED) is 0.775. The molecule has 1 fully saturated rings. The van der Waals surface area contributed by atoms with Crippen molar-refractivity contribution >= 4 is 5.91 Å². The predicted molar refractivity (Wildman–Crippen MR) is 71.6 cm³/mol. The highest BCUT2D eigenvalue weighted by atomic mass is 16.2. The maximum Gasteiger partial charge on any atom is 0.225 e. The Morgan fingerprint density at radius 3 is 2.65 bits per heavy atom. The first-order valence-corrected chi connectivity index (χ1v) is 7.14. The number of nitrogens with zero attached hydrogens (tertiary/aromatic N) is 1. The first-order chi connectivity index (χ1) is 8.10. The van der Waals surface area contributed by atoms with Crippen LogP contribution in [-0.4, -0.2) is 29.9 Å². The van der Waals surface area contributed by atoms with Crippen LogP contribution in [0.3, 0.4) is 0 Å². The molecule has 0 spiro atoms. The fourth-order valence-corrected chi connectivity index (χ4v) is 2.63. The van der Waals surface area contributed by atoms with Crippen LogP contribution in [-0.2, 0) is 4.79 Å². The van der Waals surface area contributed by atoms with Gasteiger partial charge in [-0.2, -0.15) is 0 Å². The van der Waals surface area contributed by atoms with Crippen molar-refractivity contribution in [2.24, 2.45) is 17.6 Å². The lowest BCUT2D eigenvalue weighted by molar-refractivity contribution is -0.135. The molecule has 1 heterocycles. The normalized spacial score (nSPS) is 23.8. The number of likely N-dealkylation sites (tertiary alicyclic amines) is 1. The van der Waals surface area contributed by atoms with Gasteiger partial charge in [-0.1, -0.05) is 26.7 Å². The lowest BCUT2D eigenvalue weighted by Gasteiger charge is -2.23. The summed E-state index contributed by atoms with van der Waals surface area (Å²) in [6, 6.07) is 0.212. The summed E-state index contributed by atoms with van der Waals surface area (Å²) >= 11 is 0. The summed E-state index contributed by atoms with van der Waals surface area (Å²) in [5, 5.41) is 0. The van der Waals surface area contributed by atoms with E-state index >= 15 is 0 Å². The molecule has 1 aliphatic heterocycles. The van der Waals surface area contributed by atoms with Crippen molar-refractivity contribution in [1.82, 2.24) is 4.90 Å². The van der Waals surface area contributed by atoms with Gasteiger partial charge in [-0.25, -0.2) is 0 Å². The molecule has 3 atom stereocenters. The lowest BCUT2D eigenvalue weighted by atomic mass is 9.97. The molecule has 3 heteroatoms. The Kier molecular flexibility index (Phi) is 5.96. The molecule has 0 aliphatic carbocycles. The summed E-state index contributed by atoms with van der Waals surface area (Å²) < 4.78 is 0. The Balaban J connectivity index is 2.46. The molecule has 0 aromatic rings. The monoisotopic (exact) mass is 240 g/mol. The molecule has 1 amide bonds. The molecule has 100 valence electrons. The Labute approximate surface area is 106 Å². The van der Waals surface area contributed by atoms with E-state index in [9.17, 15) is 4.79 Å². The number of nitrogens with two attached hydrogens (primary N) is 1. The molecule has 2 N–H and O–H groups in total. The highest BCUT2D eigenvalue weighted by Gasteiger charge is 2.31. The van der Waals surface area contributed by atoms with E-state index in [1.165, 1.54) is 6.42 Å². The number of hydrogen-bond donors (Lipinski definition) is 1. The first-order valence-electron chi connectivity index (χ1n) is 7.14. The Bertz CT molecular complexity index is 240. The number of unbranched alkanes of at least 4 members (excludes halogenated alkanes) is 1. The fraction of sp³-hybridized carbons (Fsp3) is 0.929. The first kappa shape index (κ1) is 14.5. The number of rotatable bonds is 6. The lowest BCUT2D eigenvalue weighted by Crippen LogP contribution is -2.36. The minimum atomic E-state index is 0.212. The van der Waals surface area contributed by atoms with Crippen LogP contribution in [0.5, 0.6) is 0 Å². The van der Waals surface area contributed by atoms with Crippen LogP contribution in [0.1, 0.15) is 52.9 Å². The highest BCUT2D eigenvalue weighted by molar-refractivity contribution is 5.79. The molecule has 3 nitrogen and oxygen atoms in total. The van der Waals surface area contributed by atoms with E-state index in [0.717, 1.165) is 38.8 Å². The summed E-state index contributed by atoms with van der Waals surface area (Å²) in [7, 11) is 0. The van der Waals surface area contributed by atoms with Gasteiger partial charge in [0.2, 0.25) is 5.91 Å². The third kappa shape index (κ3) is 3.98. The van der Waals surface area contributed by atoms with Crippen LogP contribution in [0, 0.1) is 11.8 Å². The van der Waals surface area contributed by atoms with Crippen molar-refractivity contribution < 1.29 is 4.79 Å². The second-order valence-corrected chi connectivity index (χ2v) is 5.44. The van der Waals surface area contributed by atoms with E-state index in [4.69, 9.17) is 5.73 Å². The van der Waals surface area contributed by atoms with E-state index in [2.05, 4.69) is 13.8 Å². The summed E-state index contributed by atoms with van der Waals surface area (Å²) in [5.74, 6) is 1.11. The molecule has 17 heavy (non-hydrogen) atoms. The van der Waals surface area contributed by atoms with Crippen molar-refractivity contribution in [1.29, 1.82) is 0 Å². The molecule has 0 aromatic carbocycles. The van der Waals surface area contributed by atoms with Crippen LogP contribution in [0.4, 0.5) is 0 Å². The second-order valence-electron chi connectivity index (χ2n) is 5.44. The van der Waals surface area contributed by atoms with Crippen LogP contribution < -0.4 is 5.73 Å². The van der Waals surface area contributed by atoms with E-state index < -0.39 is 0 Å². The van der Waals surface area contributed by atoms with Crippen LogP contribution >= 0.6 is 0 Å². The summed E-state index contributed by atoms with van der Waals surface area (Å²) in [4.78, 5) is 14.4. The number of hydrogen-bond acceptors (Lipinski definition) is 2. The van der Waals surface area contributed by atoms with Gasteiger partial charge in [-0.3, -0.25) is 4.79 Å². The van der Waals surface area contributed by atoms with Crippen molar-refractivity contribution in [3.05, 3.63) is 0 Å².